The molecule has 1 aromatic rings. The van der Waals surface area contributed by atoms with E-state index in [1.807, 2.05) is 38.1 Å². The summed E-state index contributed by atoms with van der Waals surface area (Å²) >= 11 is 11.4. The van der Waals surface area contributed by atoms with Crippen molar-refractivity contribution in [3.63, 3.8) is 0 Å². The first-order valence-electron chi connectivity index (χ1n) is 7.06. The van der Waals surface area contributed by atoms with E-state index >= 15 is 0 Å². The number of benzene rings is 1. The lowest BCUT2D eigenvalue weighted by molar-refractivity contribution is -0.131. The number of halogens is 2. The van der Waals surface area contributed by atoms with E-state index in [2.05, 4.69) is 6.92 Å². The molecule has 0 aromatic heterocycles. The first kappa shape index (κ1) is 18.1. The molecule has 0 spiro atoms. The fourth-order valence-electron chi connectivity index (χ4n) is 2.24. The third kappa shape index (κ3) is 5.76. The fourth-order valence-corrected chi connectivity index (χ4v) is 2.50. The van der Waals surface area contributed by atoms with Gasteiger partial charge in [0.15, 0.2) is 4.84 Å². The Morgan fingerprint density at radius 3 is 2.19 bits per heavy atom. The van der Waals surface area contributed by atoms with Crippen LogP contribution >= 0.6 is 23.2 Å². The van der Waals surface area contributed by atoms with Crippen molar-refractivity contribution in [1.29, 1.82) is 0 Å². The molecule has 0 radical (unpaired) electrons. The van der Waals surface area contributed by atoms with E-state index in [-0.39, 0.29) is 11.9 Å². The van der Waals surface area contributed by atoms with E-state index in [0.717, 1.165) is 12.2 Å². The van der Waals surface area contributed by atoms with E-state index < -0.39 is 4.84 Å². The number of nitrogens with zero attached hydrogens (tertiary/aromatic N) is 1. The molecule has 0 aliphatic carbocycles. The number of methoxy groups -OCH3 is 1. The minimum atomic E-state index is -0.999. The molecular formula is C16H23Cl2NO2. The van der Waals surface area contributed by atoms with Crippen LogP contribution < -0.4 is 4.74 Å². The van der Waals surface area contributed by atoms with E-state index in [4.69, 9.17) is 27.9 Å². The maximum atomic E-state index is 12.0. The third-order valence-electron chi connectivity index (χ3n) is 3.34. The number of alkyl halides is 2. The largest absolute Gasteiger partial charge is 0.497 e. The third-order valence-corrected chi connectivity index (χ3v) is 3.72. The number of carbonyl (C=O) groups excluding carboxylic acids is 1. The molecule has 118 valence electrons. The monoisotopic (exact) mass is 331 g/mol. The van der Waals surface area contributed by atoms with Crippen LogP contribution in [0.2, 0.25) is 0 Å². The van der Waals surface area contributed by atoms with Gasteiger partial charge in [-0.3, -0.25) is 4.79 Å². The number of hydrogen-bond acceptors (Lipinski definition) is 2. The highest BCUT2D eigenvalue weighted by molar-refractivity contribution is 6.53. The highest BCUT2D eigenvalue weighted by Gasteiger charge is 2.24. The molecule has 0 bridgehead atoms. The Kier molecular flexibility index (Phi) is 7.33. The first-order valence-corrected chi connectivity index (χ1v) is 7.94. The van der Waals surface area contributed by atoms with Crippen molar-refractivity contribution >= 4 is 29.1 Å². The van der Waals surface area contributed by atoms with Gasteiger partial charge in [0.05, 0.1) is 7.11 Å². The van der Waals surface area contributed by atoms with Crippen molar-refractivity contribution in [3.05, 3.63) is 29.8 Å². The van der Waals surface area contributed by atoms with Gasteiger partial charge in [-0.15, -0.1) is 0 Å². The van der Waals surface area contributed by atoms with Crippen molar-refractivity contribution in [2.75, 3.05) is 13.7 Å². The molecule has 5 heteroatoms. The number of carbonyl (C=O) groups is 1. The minimum Gasteiger partial charge on any atom is -0.497 e. The van der Waals surface area contributed by atoms with Crippen LogP contribution in [0.15, 0.2) is 24.3 Å². The fraction of sp³-hybridized carbons (Fsp3) is 0.562. The predicted molar refractivity (Wildman–Crippen MR) is 88.2 cm³/mol. The van der Waals surface area contributed by atoms with Crippen molar-refractivity contribution in [3.8, 4) is 5.75 Å². The van der Waals surface area contributed by atoms with Crippen LogP contribution in [-0.4, -0.2) is 35.3 Å². The van der Waals surface area contributed by atoms with Crippen LogP contribution in [0.1, 0.15) is 26.3 Å². The first-order chi connectivity index (χ1) is 9.85. The Morgan fingerprint density at radius 2 is 1.76 bits per heavy atom. The van der Waals surface area contributed by atoms with Gasteiger partial charge in [0, 0.05) is 12.6 Å². The van der Waals surface area contributed by atoms with Gasteiger partial charge in [0.2, 0.25) is 0 Å². The lowest BCUT2D eigenvalue weighted by atomic mass is 10.00. The summed E-state index contributed by atoms with van der Waals surface area (Å²) in [6, 6.07) is 8.06. The van der Waals surface area contributed by atoms with Gasteiger partial charge in [0.25, 0.3) is 5.91 Å². The molecule has 0 aliphatic rings. The van der Waals surface area contributed by atoms with Gasteiger partial charge in [-0.05, 0) is 43.9 Å². The SMILES string of the molecule is COc1ccc(CC(C)CN(C(=O)C(Cl)Cl)C(C)C)cc1. The van der Waals surface area contributed by atoms with E-state index in [9.17, 15) is 4.79 Å². The molecule has 0 N–H and O–H groups in total. The van der Waals surface area contributed by atoms with Crippen LogP contribution in [0.5, 0.6) is 5.75 Å². The van der Waals surface area contributed by atoms with Crippen LogP contribution in [0.25, 0.3) is 0 Å². The average Bonchev–Trinajstić information content (AvgIpc) is 2.44. The second-order valence-electron chi connectivity index (χ2n) is 5.54. The van der Waals surface area contributed by atoms with Crippen LogP contribution in [-0.2, 0) is 11.2 Å². The topological polar surface area (TPSA) is 29.5 Å². The Bertz CT molecular complexity index is 446. The highest BCUT2D eigenvalue weighted by Crippen LogP contribution is 2.17. The quantitative estimate of drug-likeness (QED) is 0.709. The summed E-state index contributed by atoms with van der Waals surface area (Å²) in [4.78, 5) is 12.7. The Morgan fingerprint density at radius 1 is 1.19 bits per heavy atom. The normalized spacial score (nSPS) is 12.6. The molecule has 1 atom stereocenters. The molecule has 3 nitrogen and oxygen atoms in total. The molecule has 1 rings (SSSR count). The molecule has 0 fully saturated rings. The van der Waals surface area contributed by atoms with Crippen LogP contribution in [0.4, 0.5) is 0 Å². The summed E-state index contributed by atoms with van der Waals surface area (Å²) in [5, 5.41) is 0. The van der Waals surface area contributed by atoms with Gasteiger partial charge >= 0.3 is 0 Å². The Hall–Kier alpha value is -0.930. The smallest absolute Gasteiger partial charge is 0.256 e. The summed E-state index contributed by atoms with van der Waals surface area (Å²) in [5.74, 6) is 0.934. The zero-order chi connectivity index (χ0) is 16.0. The number of hydrogen-bond donors (Lipinski definition) is 0. The second kappa shape index (κ2) is 8.50. The Labute approximate surface area is 137 Å². The van der Waals surface area contributed by atoms with E-state index in [0.29, 0.717) is 12.5 Å². The predicted octanol–water partition coefficient (Wildman–Crippen LogP) is 3.91. The molecular weight excluding hydrogens is 309 g/mol. The number of rotatable bonds is 7. The summed E-state index contributed by atoms with van der Waals surface area (Å²) < 4.78 is 5.15. The average molecular weight is 332 g/mol. The maximum Gasteiger partial charge on any atom is 0.256 e. The second-order valence-corrected chi connectivity index (χ2v) is 6.64. The van der Waals surface area contributed by atoms with E-state index in [1.165, 1.54) is 5.56 Å². The molecule has 0 saturated carbocycles. The summed E-state index contributed by atoms with van der Waals surface area (Å²) in [5.41, 5.74) is 1.22. The van der Waals surface area contributed by atoms with Crippen molar-refractivity contribution in [1.82, 2.24) is 4.90 Å². The van der Waals surface area contributed by atoms with Gasteiger partial charge in [0.1, 0.15) is 5.75 Å². The molecule has 1 aromatic carbocycles. The molecule has 21 heavy (non-hydrogen) atoms. The van der Waals surface area contributed by atoms with Gasteiger partial charge in [-0.25, -0.2) is 0 Å². The van der Waals surface area contributed by atoms with Gasteiger partial charge in [-0.2, -0.15) is 0 Å². The lowest BCUT2D eigenvalue weighted by Crippen LogP contribution is -2.43. The number of amides is 1. The molecule has 0 heterocycles. The molecule has 0 saturated heterocycles. The molecule has 1 amide bonds. The zero-order valence-electron chi connectivity index (χ0n) is 13.0. The van der Waals surface area contributed by atoms with Crippen LogP contribution in [0, 0.1) is 5.92 Å². The molecule has 1 unspecified atom stereocenters. The summed E-state index contributed by atoms with van der Waals surface area (Å²) in [6.45, 7) is 6.69. The maximum absolute atomic E-state index is 12.0. The number of ether oxygens (including phenoxy) is 1. The zero-order valence-corrected chi connectivity index (χ0v) is 14.5. The van der Waals surface area contributed by atoms with Gasteiger partial charge < -0.3 is 9.64 Å². The minimum absolute atomic E-state index is 0.0795. The summed E-state index contributed by atoms with van der Waals surface area (Å²) in [7, 11) is 1.65. The van der Waals surface area contributed by atoms with E-state index in [1.54, 1.807) is 12.0 Å². The van der Waals surface area contributed by atoms with Crippen molar-refractivity contribution in [2.45, 2.75) is 38.1 Å². The lowest BCUT2D eigenvalue weighted by Gasteiger charge is -2.30. The van der Waals surface area contributed by atoms with Crippen molar-refractivity contribution < 1.29 is 9.53 Å². The Balaban J connectivity index is 2.64. The highest BCUT2D eigenvalue weighted by atomic mass is 35.5. The van der Waals surface area contributed by atoms with Crippen molar-refractivity contribution in [2.24, 2.45) is 5.92 Å². The molecule has 0 aliphatic heterocycles. The standard InChI is InChI=1S/C16H23Cl2NO2/c1-11(2)19(16(20)15(17)18)10-12(3)9-13-5-7-14(21-4)8-6-13/h5-8,11-12,15H,9-10H2,1-4H3. The van der Waals surface area contributed by atoms with Gasteiger partial charge in [-0.1, -0.05) is 42.3 Å². The summed E-state index contributed by atoms with van der Waals surface area (Å²) in [6.07, 6.45) is 0.885. The van der Waals surface area contributed by atoms with Crippen LogP contribution in [0.3, 0.4) is 0 Å².